The predicted molar refractivity (Wildman–Crippen MR) is 68.4 cm³/mol. The van der Waals surface area contributed by atoms with E-state index in [1.807, 2.05) is 18.2 Å². The predicted octanol–water partition coefficient (Wildman–Crippen LogP) is 1.76. The van der Waals surface area contributed by atoms with Crippen LogP contribution in [0.2, 0.25) is 0 Å². The number of rotatable bonds is 4. The zero-order valence-electron chi connectivity index (χ0n) is 9.84. The van der Waals surface area contributed by atoms with Crippen molar-refractivity contribution in [3.63, 3.8) is 0 Å². The number of benzene rings is 1. The van der Waals surface area contributed by atoms with Gasteiger partial charge in [0, 0.05) is 30.4 Å². The van der Waals surface area contributed by atoms with Gasteiger partial charge in [-0.15, -0.1) is 0 Å². The molecule has 0 fully saturated rings. The molecule has 1 heterocycles. The van der Waals surface area contributed by atoms with Crippen LogP contribution in [0.4, 0.5) is 0 Å². The highest BCUT2D eigenvalue weighted by Crippen LogP contribution is 2.10. The van der Waals surface area contributed by atoms with Crippen LogP contribution in [0, 0.1) is 0 Å². The summed E-state index contributed by atoms with van der Waals surface area (Å²) in [6.45, 7) is 0.519. The minimum absolute atomic E-state index is 0.0902. The van der Waals surface area contributed by atoms with Gasteiger partial charge in [0.15, 0.2) is 0 Å². The molecular formula is C14H14N2O2. The molecule has 18 heavy (non-hydrogen) atoms. The first kappa shape index (κ1) is 12.1. The monoisotopic (exact) mass is 242 g/mol. The Hall–Kier alpha value is -2.36. The minimum Gasteiger partial charge on any atom is -0.508 e. The quantitative estimate of drug-likeness (QED) is 0.858. The van der Waals surface area contributed by atoms with Gasteiger partial charge in [0.25, 0.3) is 5.91 Å². The number of hydrogen-bond acceptors (Lipinski definition) is 3. The van der Waals surface area contributed by atoms with Gasteiger partial charge in [-0.1, -0.05) is 12.1 Å². The Bertz CT molecular complexity index is 526. The number of carbonyl (C=O) groups excluding carboxylic acids is 1. The van der Waals surface area contributed by atoms with E-state index >= 15 is 0 Å². The fraction of sp³-hybridized carbons (Fsp3) is 0.143. The lowest BCUT2D eigenvalue weighted by Gasteiger charge is -2.05. The molecule has 0 aliphatic carbocycles. The molecule has 2 N–H and O–H groups in total. The van der Waals surface area contributed by atoms with Crippen LogP contribution < -0.4 is 5.32 Å². The molecule has 0 spiro atoms. The van der Waals surface area contributed by atoms with E-state index < -0.39 is 0 Å². The van der Waals surface area contributed by atoms with Gasteiger partial charge in [-0.05, 0) is 30.3 Å². The molecule has 0 aliphatic heterocycles. The molecule has 0 saturated heterocycles. The van der Waals surface area contributed by atoms with Gasteiger partial charge < -0.3 is 10.4 Å². The average molecular weight is 242 g/mol. The number of amides is 1. The zero-order chi connectivity index (χ0) is 12.8. The fourth-order valence-electron chi connectivity index (χ4n) is 1.60. The van der Waals surface area contributed by atoms with E-state index in [0.29, 0.717) is 18.5 Å². The Balaban J connectivity index is 1.86. The molecule has 1 aromatic carbocycles. The molecule has 0 bridgehead atoms. The third-order valence-electron chi connectivity index (χ3n) is 2.50. The lowest BCUT2D eigenvalue weighted by Crippen LogP contribution is -2.25. The van der Waals surface area contributed by atoms with Gasteiger partial charge in [0.2, 0.25) is 0 Å². The fourth-order valence-corrected chi connectivity index (χ4v) is 1.60. The topological polar surface area (TPSA) is 62.2 Å². The highest BCUT2D eigenvalue weighted by Gasteiger charge is 2.05. The molecule has 0 atom stereocenters. The van der Waals surface area contributed by atoms with Crippen LogP contribution in [-0.4, -0.2) is 22.5 Å². The second kappa shape index (κ2) is 5.82. The first-order valence-electron chi connectivity index (χ1n) is 5.73. The Labute approximate surface area is 105 Å². The van der Waals surface area contributed by atoms with Crippen molar-refractivity contribution < 1.29 is 9.90 Å². The van der Waals surface area contributed by atoms with Gasteiger partial charge in [-0.2, -0.15) is 0 Å². The largest absolute Gasteiger partial charge is 0.508 e. The van der Waals surface area contributed by atoms with Crippen LogP contribution in [-0.2, 0) is 6.42 Å². The summed E-state index contributed by atoms with van der Waals surface area (Å²) >= 11 is 0. The molecule has 2 rings (SSSR count). The molecule has 4 nitrogen and oxygen atoms in total. The van der Waals surface area contributed by atoms with Gasteiger partial charge in [-0.3, -0.25) is 9.78 Å². The number of aromatic hydroxyl groups is 1. The van der Waals surface area contributed by atoms with Crippen molar-refractivity contribution >= 4 is 5.91 Å². The Kier molecular flexibility index (Phi) is 3.91. The van der Waals surface area contributed by atoms with E-state index in [-0.39, 0.29) is 11.7 Å². The van der Waals surface area contributed by atoms with Crippen LogP contribution in [0.15, 0.2) is 48.7 Å². The molecule has 0 radical (unpaired) electrons. The van der Waals surface area contributed by atoms with Crippen LogP contribution in [0.3, 0.4) is 0 Å². The van der Waals surface area contributed by atoms with E-state index in [0.717, 1.165) is 5.69 Å². The van der Waals surface area contributed by atoms with Crippen molar-refractivity contribution in [3.05, 3.63) is 59.9 Å². The first-order chi connectivity index (χ1) is 8.75. The molecule has 92 valence electrons. The minimum atomic E-state index is -0.193. The van der Waals surface area contributed by atoms with Crippen molar-refractivity contribution in [2.24, 2.45) is 0 Å². The van der Waals surface area contributed by atoms with E-state index in [4.69, 9.17) is 0 Å². The molecule has 0 saturated carbocycles. The van der Waals surface area contributed by atoms with Crippen molar-refractivity contribution in [3.8, 4) is 5.75 Å². The summed E-state index contributed by atoms with van der Waals surface area (Å²) < 4.78 is 0. The summed E-state index contributed by atoms with van der Waals surface area (Å²) in [5.41, 5.74) is 1.39. The third kappa shape index (κ3) is 3.31. The van der Waals surface area contributed by atoms with E-state index in [1.165, 1.54) is 12.1 Å². The Morgan fingerprint density at radius 2 is 2.11 bits per heavy atom. The zero-order valence-corrected chi connectivity index (χ0v) is 9.84. The molecule has 2 aromatic rings. The summed E-state index contributed by atoms with van der Waals surface area (Å²) in [4.78, 5) is 15.9. The molecular weight excluding hydrogens is 228 g/mol. The summed E-state index contributed by atoms with van der Waals surface area (Å²) in [6, 6.07) is 12.0. The van der Waals surface area contributed by atoms with Crippen LogP contribution in [0.5, 0.6) is 5.75 Å². The number of nitrogens with zero attached hydrogens (tertiary/aromatic N) is 1. The summed E-state index contributed by atoms with van der Waals surface area (Å²) in [7, 11) is 0. The summed E-state index contributed by atoms with van der Waals surface area (Å²) in [6.07, 6.45) is 2.41. The number of nitrogens with one attached hydrogen (secondary N) is 1. The van der Waals surface area contributed by atoms with Crippen molar-refractivity contribution in [2.45, 2.75) is 6.42 Å². The van der Waals surface area contributed by atoms with Crippen LogP contribution >= 0.6 is 0 Å². The number of pyridine rings is 1. The van der Waals surface area contributed by atoms with Crippen molar-refractivity contribution in [2.75, 3.05) is 6.54 Å². The molecule has 0 unspecified atom stereocenters. The van der Waals surface area contributed by atoms with Crippen molar-refractivity contribution in [1.82, 2.24) is 10.3 Å². The normalized spacial score (nSPS) is 10.0. The Morgan fingerprint density at radius 1 is 1.22 bits per heavy atom. The Morgan fingerprint density at radius 3 is 2.83 bits per heavy atom. The van der Waals surface area contributed by atoms with Crippen molar-refractivity contribution in [1.29, 1.82) is 0 Å². The average Bonchev–Trinajstić information content (AvgIpc) is 2.40. The highest BCUT2D eigenvalue weighted by atomic mass is 16.3. The smallest absolute Gasteiger partial charge is 0.251 e. The van der Waals surface area contributed by atoms with E-state index in [2.05, 4.69) is 10.3 Å². The maximum atomic E-state index is 11.7. The maximum absolute atomic E-state index is 11.7. The summed E-state index contributed by atoms with van der Waals surface area (Å²) in [5.74, 6) is -0.103. The van der Waals surface area contributed by atoms with Gasteiger partial charge in [-0.25, -0.2) is 0 Å². The molecule has 4 heteroatoms. The molecule has 0 aliphatic rings. The number of aromatic nitrogens is 1. The standard InChI is InChI=1S/C14H14N2O2/c17-13-6-3-4-11(10-13)14(18)16-9-7-12-5-1-2-8-15-12/h1-6,8,10,17H,7,9H2,(H,16,18). The molecule has 1 amide bonds. The SMILES string of the molecule is O=C(NCCc1ccccn1)c1cccc(O)c1. The lowest BCUT2D eigenvalue weighted by molar-refractivity contribution is 0.0953. The number of hydrogen-bond donors (Lipinski definition) is 2. The maximum Gasteiger partial charge on any atom is 0.251 e. The van der Waals surface area contributed by atoms with Crippen LogP contribution in [0.1, 0.15) is 16.1 Å². The third-order valence-corrected chi connectivity index (χ3v) is 2.50. The van der Waals surface area contributed by atoms with E-state index in [9.17, 15) is 9.90 Å². The number of phenols is 1. The van der Waals surface area contributed by atoms with E-state index in [1.54, 1.807) is 18.3 Å². The lowest BCUT2D eigenvalue weighted by atomic mass is 10.2. The second-order valence-corrected chi connectivity index (χ2v) is 3.88. The summed E-state index contributed by atoms with van der Waals surface area (Å²) in [5, 5.41) is 12.1. The number of carbonyl (C=O) groups is 1. The van der Waals surface area contributed by atoms with Crippen LogP contribution in [0.25, 0.3) is 0 Å². The number of phenolic OH excluding ortho intramolecular Hbond substituents is 1. The second-order valence-electron chi connectivity index (χ2n) is 3.88. The molecule has 1 aromatic heterocycles. The highest BCUT2D eigenvalue weighted by molar-refractivity contribution is 5.94. The van der Waals surface area contributed by atoms with Gasteiger partial charge >= 0.3 is 0 Å². The van der Waals surface area contributed by atoms with Gasteiger partial charge in [0.1, 0.15) is 5.75 Å². The first-order valence-corrected chi connectivity index (χ1v) is 5.73. The van der Waals surface area contributed by atoms with Gasteiger partial charge in [0.05, 0.1) is 0 Å².